The topological polar surface area (TPSA) is 90.0 Å². The number of nitrogens with zero attached hydrogens (tertiary/aromatic N) is 2. The molecule has 6 nitrogen and oxygen atoms in total. The van der Waals surface area contributed by atoms with E-state index < -0.39 is 10.0 Å². The molecular weight excluding hydrogens is 276 g/mol. The maximum Gasteiger partial charge on any atom is 0.280 e. The standard InChI is InChI=1S/C13H18N4O2S/c1-17-9-13(15-10-17)20(18,19)16-12-6-2-4-11(8-12)5-3-7-14/h2,4,6,8-10,16H,3,5,7,14H2,1H3. The van der Waals surface area contributed by atoms with Gasteiger partial charge in [-0.15, -0.1) is 0 Å². The van der Waals surface area contributed by atoms with Crippen LogP contribution in [0.1, 0.15) is 12.0 Å². The lowest BCUT2D eigenvalue weighted by Gasteiger charge is -2.07. The molecule has 1 aromatic carbocycles. The van der Waals surface area contributed by atoms with Gasteiger partial charge in [0.25, 0.3) is 10.0 Å². The van der Waals surface area contributed by atoms with Crippen molar-refractivity contribution in [2.45, 2.75) is 17.9 Å². The van der Waals surface area contributed by atoms with Gasteiger partial charge in [0.15, 0.2) is 5.03 Å². The molecule has 108 valence electrons. The van der Waals surface area contributed by atoms with Crippen molar-refractivity contribution in [3.8, 4) is 0 Å². The second kappa shape index (κ2) is 6.06. The van der Waals surface area contributed by atoms with Crippen LogP contribution < -0.4 is 10.5 Å². The summed E-state index contributed by atoms with van der Waals surface area (Å²) >= 11 is 0. The van der Waals surface area contributed by atoms with Gasteiger partial charge in [0, 0.05) is 18.9 Å². The molecular formula is C13H18N4O2S. The van der Waals surface area contributed by atoms with Crippen molar-refractivity contribution in [1.82, 2.24) is 9.55 Å². The van der Waals surface area contributed by atoms with Gasteiger partial charge < -0.3 is 10.3 Å². The summed E-state index contributed by atoms with van der Waals surface area (Å²) in [7, 11) is -1.91. The number of hydrogen-bond donors (Lipinski definition) is 2. The molecule has 0 aliphatic rings. The molecule has 0 amide bonds. The van der Waals surface area contributed by atoms with Crippen molar-refractivity contribution in [1.29, 1.82) is 0 Å². The predicted molar refractivity (Wildman–Crippen MR) is 77.8 cm³/mol. The smallest absolute Gasteiger partial charge is 0.280 e. The van der Waals surface area contributed by atoms with E-state index in [9.17, 15) is 8.42 Å². The number of nitrogens with one attached hydrogen (secondary N) is 1. The summed E-state index contributed by atoms with van der Waals surface area (Å²) in [5, 5.41) is 0.00682. The minimum Gasteiger partial charge on any atom is -0.339 e. The van der Waals surface area contributed by atoms with E-state index in [0.717, 1.165) is 18.4 Å². The molecule has 0 aliphatic heterocycles. The highest BCUT2D eigenvalue weighted by molar-refractivity contribution is 7.92. The number of anilines is 1. The SMILES string of the molecule is Cn1cnc(S(=O)(=O)Nc2cccc(CCCN)c2)c1. The summed E-state index contributed by atoms with van der Waals surface area (Å²) in [5.74, 6) is 0. The van der Waals surface area contributed by atoms with E-state index in [0.29, 0.717) is 12.2 Å². The minimum atomic E-state index is -3.64. The lowest BCUT2D eigenvalue weighted by molar-refractivity contribution is 0.598. The van der Waals surface area contributed by atoms with E-state index in [1.165, 1.54) is 12.5 Å². The fraction of sp³-hybridized carbons (Fsp3) is 0.308. The van der Waals surface area contributed by atoms with E-state index in [-0.39, 0.29) is 5.03 Å². The molecule has 0 atom stereocenters. The molecule has 0 radical (unpaired) electrons. The first-order chi connectivity index (χ1) is 9.51. The summed E-state index contributed by atoms with van der Waals surface area (Å²) < 4.78 is 28.4. The molecule has 0 fully saturated rings. The number of nitrogens with two attached hydrogens (primary N) is 1. The van der Waals surface area contributed by atoms with Crippen LogP contribution in [0.4, 0.5) is 5.69 Å². The van der Waals surface area contributed by atoms with Crippen molar-refractivity contribution in [2.75, 3.05) is 11.3 Å². The second-order valence-electron chi connectivity index (χ2n) is 4.58. The first kappa shape index (κ1) is 14.5. The third-order valence-electron chi connectivity index (χ3n) is 2.81. The largest absolute Gasteiger partial charge is 0.339 e. The maximum atomic E-state index is 12.1. The molecule has 1 heterocycles. The van der Waals surface area contributed by atoms with E-state index in [2.05, 4.69) is 9.71 Å². The Morgan fingerprint density at radius 1 is 1.40 bits per heavy atom. The van der Waals surface area contributed by atoms with Crippen LogP contribution in [0.3, 0.4) is 0 Å². The quantitative estimate of drug-likeness (QED) is 0.835. The molecule has 0 bridgehead atoms. The highest BCUT2D eigenvalue weighted by Crippen LogP contribution is 2.16. The Morgan fingerprint density at radius 2 is 2.20 bits per heavy atom. The van der Waals surface area contributed by atoms with E-state index in [1.54, 1.807) is 17.7 Å². The molecule has 20 heavy (non-hydrogen) atoms. The first-order valence-corrected chi connectivity index (χ1v) is 7.79. The molecule has 2 rings (SSSR count). The Bertz CT molecular complexity index is 679. The van der Waals surface area contributed by atoms with Crippen LogP contribution in [-0.4, -0.2) is 24.5 Å². The van der Waals surface area contributed by atoms with Crippen LogP contribution in [0.15, 0.2) is 41.8 Å². The van der Waals surface area contributed by atoms with Crippen LogP contribution in [-0.2, 0) is 23.5 Å². The summed E-state index contributed by atoms with van der Waals surface area (Å²) in [5.41, 5.74) is 7.06. The van der Waals surface area contributed by atoms with Crippen molar-refractivity contribution in [3.05, 3.63) is 42.4 Å². The fourth-order valence-corrected chi connectivity index (χ4v) is 2.86. The summed E-state index contributed by atoms with van der Waals surface area (Å²) in [6.07, 6.45) is 4.61. The minimum absolute atomic E-state index is 0.00682. The third kappa shape index (κ3) is 3.58. The van der Waals surface area contributed by atoms with Gasteiger partial charge >= 0.3 is 0 Å². The van der Waals surface area contributed by atoms with Gasteiger partial charge in [-0.3, -0.25) is 4.72 Å². The summed E-state index contributed by atoms with van der Waals surface area (Å²) in [6, 6.07) is 7.30. The number of rotatable bonds is 6. The highest BCUT2D eigenvalue weighted by Gasteiger charge is 2.17. The molecule has 2 aromatic rings. The monoisotopic (exact) mass is 294 g/mol. The molecule has 0 aliphatic carbocycles. The van der Waals surface area contributed by atoms with E-state index in [4.69, 9.17) is 5.73 Å². The maximum absolute atomic E-state index is 12.1. The van der Waals surface area contributed by atoms with Crippen molar-refractivity contribution in [3.63, 3.8) is 0 Å². The predicted octanol–water partition coefficient (Wildman–Crippen LogP) is 1.11. The number of aryl methyl sites for hydroxylation is 2. The molecule has 3 N–H and O–H groups in total. The Balaban J connectivity index is 2.17. The van der Waals surface area contributed by atoms with Crippen molar-refractivity contribution >= 4 is 15.7 Å². The van der Waals surface area contributed by atoms with Gasteiger partial charge in [0.1, 0.15) is 0 Å². The molecule has 0 unspecified atom stereocenters. The average molecular weight is 294 g/mol. The van der Waals surface area contributed by atoms with Crippen LogP contribution in [0.5, 0.6) is 0 Å². The Hall–Kier alpha value is -1.86. The second-order valence-corrected chi connectivity index (χ2v) is 6.20. The van der Waals surface area contributed by atoms with Crippen LogP contribution >= 0.6 is 0 Å². The normalized spacial score (nSPS) is 11.5. The molecule has 0 saturated carbocycles. The van der Waals surface area contributed by atoms with Crippen LogP contribution in [0.25, 0.3) is 0 Å². The van der Waals surface area contributed by atoms with Gasteiger partial charge in [-0.2, -0.15) is 8.42 Å². The average Bonchev–Trinajstić information content (AvgIpc) is 2.84. The Morgan fingerprint density at radius 3 is 2.85 bits per heavy atom. The Kier molecular flexibility index (Phi) is 4.41. The molecule has 0 saturated heterocycles. The van der Waals surface area contributed by atoms with Gasteiger partial charge in [0.05, 0.1) is 6.33 Å². The van der Waals surface area contributed by atoms with Crippen molar-refractivity contribution in [2.24, 2.45) is 12.8 Å². The summed E-state index contributed by atoms with van der Waals surface area (Å²) in [4.78, 5) is 3.85. The van der Waals surface area contributed by atoms with E-state index >= 15 is 0 Å². The van der Waals surface area contributed by atoms with Crippen LogP contribution in [0, 0.1) is 0 Å². The molecule has 0 spiro atoms. The van der Waals surface area contributed by atoms with Crippen LogP contribution in [0.2, 0.25) is 0 Å². The van der Waals surface area contributed by atoms with Gasteiger partial charge in [-0.25, -0.2) is 4.98 Å². The number of hydrogen-bond acceptors (Lipinski definition) is 4. The molecule has 1 aromatic heterocycles. The van der Waals surface area contributed by atoms with Gasteiger partial charge in [-0.1, -0.05) is 12.1 Å². The van der Waals surface area contributed by atoms with E-state index in [1.807, 2.05) is 18.2 Å². The highest BCUT2D eigenvalue weighted by atomic mass is 32.2. The zero-order valence-corrected chi connectivity index (χ0v) is 12.1. The fourth-order valence-electron chi connectivity index (χ4n) is 1.83. The Labute approximate surface area is 118 Å². The third-order valence-corrected chi connectivity index (χ3v) is 4.07. The number of sulfonamides is 1. The lowest BCUT2D eigenvalue weighted by Crippen LogP contribution is -2.13. The van der Waals surface area contributed by atoms with Gasteiger partial charge in [0.2, 0.25) is 0 Å². The molecule has 7 heteroatoms. The number of benzene rings is 1. The lowest BCUT2D eigenvalue weighted by atomic mass is 10.1. The zero-order valence-electron chi connectivity index (χ0n) is 11.3. The number of imidazole rings is 1. The zero-order chi connectivity index (χ0) is 14.6. The van der Waals surface area contributed by atoms with Gasteiger partial charge in [-0.05, 0) is 37.1 Å². The summed E-state index contributed by atoms with van der Waals surface area (Å²) in [6.45, 7) is 0.615. The first-order valence-electron chi connectivity index (χ1n) is 6.31. The van der Waals surface area contributed by atoms with Crippen molar-refractivity contribution < 1.29 is 8.42 Å². The number of aromatic nitrogens is 2.